The Bertz CT molecular complexity index is 938. The first-order chi connectivity index (χ1) is 12.5. The monoisotopic (exact) mass is 390 g/mol. The van der Waals surface area contributed by atoms with Crippen LogP contribution < -0.4 is 15.8 Å². The molecule has 1 amide bonds. The molecule has 0 fully saturated rings. The lowest BCUT2D eigenvalue weighted by Crippen LogP contribution is -2.29. The molecule has 4 N–H and O–H groups in total. The van der Waals surface area contributed by atoms with Gasteiger partial charge in [0.2, 0.25) is 15.9 Å². The molecular formula is C19H26N4O3S. The molecule has 0 saturated carbocycles. The predicted octanol–water partition coefficient (Wildman–Crippen LogP) is 2.51. The fourth-order valence-electron chi connectivity index (χ4n) is 2.94. The molecule has 2 rings (SSSR count). The number of carbonyl (C=O) groups is 1. The fraction of sp³-hybridized carbons (Fsp3) is 0.368. The number of benzene rings is 1. The molecule has 8 heteroatoms. The van der Waals surface area contributed by atoms with Crippen LogP contribution in [0, 0.1) is 34.6 Å². The van der Waals surface area contributed by atoms with E-state index in [9.17, 15) is 13.2 Å². The molecule has 0 saturated heterocycles. The summed E-state index contributed by atoms with van der Waals surface area (Å²) in [6.45, 7) is 9.45. The highest BCUT2D eigenvalue weighted by atomic mass is 32.2. The van der Waals surface area contributed by atoms with E-state index >= 15 is 0 Å². The van der Waals surface area contributed by atoms with Gasteiger partial charge in [0, 0.05) is 13.0 Å². The van der Waals surface area contributed by atoms with Crippen molar-refractivity contribution in [2.24, 2.45) is 0 Å². The summed E-state index contributed by atoms with van der Waals surface area (Å²) in [6, 6.07) is 3.21. The lowest BCUT2D eigenvalue weighted by Gasteiger charge is -2.19. The average Bonchev–Trinajstić information content (AvgIpc) is 2.60. The van der Waals surface area contributed by atoms with Gasteiger partial charge in [0.05, 0.1) is 16.8 Å². The summed E-state index contributed by atoms with van der Waals surface area (Å²) in [7, 11) is -3.72. The zero-order valence-electron chi connectivity index (χ0n) is 16.3. The normalized spacial score (nSPS) is 11.4. The Morgan fingerprint density at radius 1 is 1.00 bits per heavy atom. The number of carbonyl (C=O) groups excluding carboxylic acids is 1. The molecule has 0 aliphatic carbocycles. The molecule has 2 aromatic rings. The molecule has 0 radical (unpaired) electrons. The highest BCUT2D eigenvalue weighted by Crippen LogP contribution is 2.29. The third-order valence-corrected chi connectivity index (χ3v) is 6.65. The van der Waals surface area contributed by atoms with E-state index in [1.807, 2.05) is 34.6 Å². The zero-order valence-corrected chi connectivity index (χ0v) is 17.1. The quantitative estimate of drug-likeness (QED) is 0.701. The third-order valence-electron chi connectivity index (χ3n) is 4.91. The Hall–Kier alpha value is -2.45. The van der Waals surface area contributed by atoms with Crippen molar-refractivity contribution in [1.29, 1.82) is 0 Å². The number of aromatic nitrogens is 1. The Labute approximate surface area is 160 Å². The first-order valence-corrected chi connectivity index (χ1v) is 10.1. The highest BCUT2D eigenvalue weighted by molar-refractivity contribution is 7.89. The minimum atomic E-state index is -3.72. The van der Waals surface area contributed by atoms with E-state index in [1.165, 1.54) is 6.20 Å². The van der Waals surface area contributed by atoms with Crippen molar-refractivity contribution < 1.29 is 13.2 Å². The van der Waals surface area contributed by atoms with E-state index in [0.29, 0.717) is 16.4 Å². The number of amides is 1. The Morgan fingerprint density at radius 3 is 2.07 bits per heavy atom. The van der Waals surface area contributed by atoms with Gasteiger partial charge in [-0.2, -0.15) is 0 Å². The first-order valence-electron chi connectivity index (χ1n) is 8.62. The summed E-state index contributed by atoms with van der Waals surface area (Å²) in [5, 5.41) is 2.65. The number of nitrogens with one attached hydrogen (secondary N) is 2. The number of rotatable bonds is 6. The van der Waals surface area contributed by atoms with Crippen LogP contribution in [-0.2, 0) is 14.8 Å². The van der Waals surface area contributed by atoms with Crippen molar-refractivity contribution in [3.8, 4) is 0 Å². The van der Waals surface area contributed by atoms with Gasteiger partial charge in [-0.1, -0.05) is 0 Å². The molecule has 7 nitrogen and oxygen atoms in total. The van der Waals surface area contributed by atoms with E-state index in [4.69, 9.17) is 5.73 Å². The molecule has 1 aromatic heterocycles. The Kier molecular flexibility index (Phi) is 6.22. The van der Waals surface area contributed by atoms with Crippen LogP contribution in [0.25, 0.3) is 0 Å². The van der Waals surface area contributed by atoms with Crippen molar-refractivity contribution in [2.75, 3.05) is 17.6 Å². The maximum absolute atomic E-state index is 12.8. The second-order valence-corrected chi connectivity index (χ2v) is 8.33. The number of anilines is 2. The number of pyridine rings is 1. The van der Waals surface area contributed by atoms with Crippen LogP contribution in [0.4, 0.5) is 11.5 Å². The van der Waals surface area contributed by atoms with Crippen LogP contribution in [0.2, 0.25) is 0 Å². The third kappa shape index (κ3) is 4.64. The average molecular weight is 391 g/mol. The van der Waals surface area contributed by atoms with Crippen LogP contribution in [0.5, 0.6) is 0 Å². The van der Waals surface area contributed by atoms with Crippen LogP contribution in [0.3, 0.4) is 0 Å². The Balaban J connectivity index is 2.07. The summed E-state index contributed by atoms with van der Waals surface area (Å²) in [6.07, 6.45) is 1.45. The second-order valence-electron chi connectivity index (χ2n) is 6.62. The number of sulfonamides is 1. The van der Waals surface area contributed by atoms with Crippen LogP contribution in [-0.4, -0.2) is 25.9 Å². The van der Waals surface area contributed by atoms with E-state index in [2.05, 4.69) is 15.0 Å². The molecule has 27 heavy (non-hydrogen) atoms. The number of nitrogens with two attached hydrogens (primary N) is 1. The van der Waals surface area contributed by atoms with Crippen LogP contribution in [0.1, 0.15) is 34.2 Å². The van der Waals surface area contributed by atoms with Gasteiger partial charge in [0.15, 0.2) is 0 Å². The fourth-order valence-corrected chi connectivity index (χ4v) is 4.57. The molecule has 0 bridgehead atoms. The maximum atomic E-state index is 12.8. The largest absolute Gasteiger partial charge is 0.384 e. The molecule has 1 heterocycles. The number of nitrogen functional groups attached to an aromatic ring is 1. The molecular weight excluding hydrogens is 364 g/mol. The number of hydrogen-bond acceptors (Lipinski definition) is 5. The van der Waals surface area contributed by atoms with Gasteiger partial charge < -0.3 is 11.1 Å². The van der Waals surface area contributed by atoms with Gasteiger partial charge in [-0.3, -0.25) is 4.79 Å². The van der Waals surface area contributed by atoms with E-state index in [1.54, 1.807) is 12.1 Å². The molecule has 0 spiro atoms. The highest BCUT2D eigenvalue weighted by Gasteiger charge is 2.23. The van der Waals surface area contributed by atoms with Crippen LogP contribution >= 0.6 is 0 Å². The summed E-state index contributed by atoms with van der Waals surface area (Å²) >= 11 is 0. The predicted molar refractivity (Wildman–Crippen MR) is 107 cm³/mol. The molecule has 146 valence electrons. The van der Waals surface area contributed by atoms with Gasteiger partial charge in [0.1, 0.15) is 5.82 Å². The summed E-state index contributed by atoms with van der Waals surface area (Å²) in [4.78, 5) is 16.2. The van der Waals surface area contributed by atoms with Gasteiger partial charge in [-0.05, 0) is 74.6 Å². The van der Waals surface area contributed by atoms with E-state index < -0.39 is 10.0 Å². The topological polar surface area (TPSA) is 114 Å². The van der Waals surface area contributed by atoms with Crippen molar-refractivity contribution in [1.82, 2.24) is 9.71 Å². The SMILES string of the molecule is Cc1c(C)c(C)c(S(=O)(=O)NCCC(=O)Nc2ccc(N)nc2)c(C)c1C. The molecule has 0 aliphatic heterocycles. The van der Waals surface area contributed by atoms with E-state index in [-0.39, 0.29) is 18.9 Å². The van der Waals surface area contributed by atoms with Crippen molar-refractivity contribution in [2.45, 2.75) is 45.9 Å². The van der Waals surface area contributed by atoms with Crippen molar-refractivity contribution in [3.05, 3.63) is 46.1 Å². The number of nitrogens with zero attached hydrogens (tertiary/aromatic N) is 1. The van der Waals surface area contributed by atoms with Gasteiger partial charge in [-0.15, -0.1) is 0 Å². The molecule has 1 aromatic carbocycles. The van der Waals surface area contributed by atoms with Gasteiger partial charge in [0.25, 0.3) is 0 Å². The van der Waals surface area contributed by atoms with Crippen molar-refractivity contribution in [3.63, 3.8) is 0 Å². The first kappa shape index (κ1) is 20.9. The van der Waals surface area contributed by atoms with Gasteiger partial charge in [-0.25, -0.2) is 18.1 Å². The summed E-state index contributed by atoms with van der Waals surface area (Å²) < 4.78 is 28.1. The van der Waals surface area contributed by atoms with E-state index in [0.717, 1.165) is 27.8 Å². The minimum absolute atomic E-state index is 0.00141. The molecule has 0 aliphatic rings. The smallest absolute Gasteiger partial charge is 0.241 e. The number of hydrogen-bond donors (Lipinski definition) is 3. The lowest BCUT2D eigenvalue weighted by molar-refractivity contribution is -0.116. The van der Waals surface area contributed by atoms with Crippen LogP contribution in [0.15, 0.2) is 23.2 Å². The zero-order chi connectivity index (χ0) is 20.4. The Morgan fingerprint density at radius 2 is 1.56 bits per heavy atom. The standard InChI is InChI=1S/C19H26N4O3S/c1-11-12(2)14(4)19(15(5)13(11)3)27(25,26)22-9-8-18(24)23-16-6-7-17(20)21-10-16/h6-7,10,22H,8-9H2,1-5H3,(H2,20,21)(H,23,24). The second kappa shape index (κ2) is 8.06. The molecule has 0 unspecified atom stereocenters. The lowest BCUT2D eigenvalue weighted by atomic mass is 9.95. The van der Waals surface area contributed by atoms with Crippen molar-refractivity contribution >= 4 is 27.4 Å². The van der Waals surface area contributed by atoms with Gasteiger partial charge >= 0.3 is 0 Å². The minimum Gasteiger partial charge on any atom is -0.384 e. The summed E-state index contributed by atoms with van der Waals surface area (Å²) in [5.41, 5.74) is 10.5. The summed E-state index contributed by atoms with van der Waals surface area (Å²) in [5.74, 6) is 0.0455. The maximum Gasteiger partial charge on any atom is 0.241 e. The molecule has 0 atom stereocenters.